The molecule has 1 N–H and O–H groups in total. The van der Waals surface area contributed by atoms with Crippen LogP contribution < -0.4 is 4.74 Å². The Hall–Kier alpha value is -3.21. The molecule has 0 amide bonds. The molecule has 2 unspecified atom stereocenters. The number of alkyl halides is 3. The summed E-state index contributed by atoms with van der Waals surface area (Å²) < 4.78 is 43.7. The molecule has 0 fully saturated rings. The van der Waals surface area contributed by atoms with Crippen LogP contribution in [0.1, 0.15) is 30.5 Å². The first-order valence-electron chi connectivity index (χ1n) is 8.22. The third-order valence-corrected chi connectivity index (χ3v) is 4.58. The van der Waals surface area contributed by atoms with E-state index in [-0.39, 0.29) is 22.1 Å². The molecule has 0 saturated heterocycles. The van der Waals surface area contributed by atoms with Crippen LogP contribution >= 0.6 is 11.6 Å². The molecule has 2 atom stereocenters. The second-order valence-electron chi connectivity index (χ2n) is 6.51. The van der Waals surface area contributed by atoms with Crippen LogP contribution in [0.15, 0.2) is 47.6 Å². The molecule has 0 heterocycles. The summed E-state index contributed by atoms with van der Waals surface area (Å²) in [6.07, 6.45) is -5.56. The lowest BCUT2D eigenvalue weighted by Gasteiger charge is -2.24. The van der Waals surface area contributed by atoms with E-state index >= 15 is 0 Å². The SMILES string of the molecule is CC(CC(=O)O)(C(N=O)c1cccc(Oc2ccc(C(F)(F)F)cc2Cl)c1)[N+](=O)[O-]. The number of carboxylic acids is 1. The second-order valence-corrected chi connectivity index (χ2v) is 6.92. The molecule has 8 nitrogen and oxygen atoms in total. The fourth-order valence-electron chi connectivity index (χ4n) is 2.74. The predicted molar refractivity (Wildman–Crippen MR) is 99.2 cm³/mol. The number of aliphatic carboxylic acids is 1. The first-order chi connectivity index (χ1) is 13.9. The molecule has 0 aliphatic carbocycles. The Kier molecular flexibility index (Phi) is 6.66. The molecule has 0 radical (unpaired) electrons. The van der Waals surface area contributed by atoms with E-state index < -0.39 is 40.6 Å². The van der Waals surface area contributed by atoms with Gasteiger partial charge in [-0.3, -0.25) is 14.9 Å². The number of benzene rings is 2. The summed E-state index contributed by atoms with van der Waals surface area (Å²) in [6, 6.07) is 6.02. The van der Waals surface area contributed by atoms with Crippen LogP contribution in [0.4, 0.5) is 13.2 Å². The lowest BCUT2D eigenvalue weighted by molar-refractivity contribution is -0.569. The van der Waals surface area contributed by atoms with Crippen LogP contribution in [-0.2, 0) is 11.0 Å². The van der Waals surface area contributed by atoms with E-state index in [1.165, 1.54) is 24.3 Å². The first kappa shape index (κ1) is 23.1. The number of halogens is 4. The van der Waals surface area contributed by atoms with Crippen LogP contribution in [0.3, 0.4) is 0 Å². The highest BCUT2D eigenvalue weighted by atomic mass is 35.5. The zero-order chi connectivity index (χ0) is 22.7. The number of rotatable bonds is 8. The Balaban J connectivity index is 2.38. The summed E-state index contributed by atoms with van der Waals surface area (Å²) in [5, 5.41) is 22.9. The molecule has 0 saturated carbocycles. The van der Waals surface area contributed by atoms with Gasteiger partial charge in [0.15, 0.2) is 6.04 Å². The highest BCUT2D eigenvalue weighted by Crippen LogP contribution is 2.39. The Morgan fingerprint density at radius 1 is 1.30 bits per heavy atom. The smallest absolute Gasteiger partial charge is 0.416 e. The third kappa shape index (κ3) is 5.03. The van der Waals surface area contributed by atoms with E-state index in [0.29, 0.717) is 6.07 Å². The van der Waals surface area contributed by atoms with Gasteiger partial charge >= 0.3 is 12.1 Å². The zero-order valence-electron chi connectivity index (χ0n) is 15.2. The highest BCUT2D eigenvalue weighted by molar-refractivity contribution is 6.32. The van der Waals surface area contributed by atoms with Crippen molar-refractivity contribution in [1.82, 2.24) is 0 Å². The number of carbonyl (C=O) groups is 1. The van der Waals surface area contributed by atoms with Gasteiger partial charge in [0.05, 0.1) is 10.6 Å². The maximum atomic E-state index is 12.7. The molecule has 0 spiro atoms. The number of carboxylic acid groups (broad SMARTS) is 1. The van der Waals surface area contributed by atoms with Crippen molar-refractivity contribution in [3.8, 4) is 11.5 Å². The molecule has 12 heteroatoms. The normalized spacial score (nSPS) is 14.4. The van der Waals surface area contributed by atoms with Gasteiger partial charge in [-0.2, -0.15) is 13.2 Å². The Morgan fingerprint density at radius 2 is 1.97 bits per heavy atom. The topological polar surface area (TPSA) is 119 Å². The summed E-state index contributed by atoms with van der Waals surface area (Å²) in [4.78, 5) is 33.0. The van der Waals surface area contributed by atoms with Gasteiger partial charge in [-0.15, -0.1) is 4.91 Å². The zero-order valence-corrected chi connectivity index (χ0v) is 16.0. The van der Waals surface area contributed by atoms with Gasteiger partial charge in [0.1, 0.15) is 17.9 Å². The number of nitrogens with zero attached hydrogens (tertiary/aromatic N) is 2. The van der Waals surface area contributed by atoms with Gasteiger partial charge in [0.25, 0.3) is 5.54 Å². The Labute approximate surface area is 172 Å². The number of hydrogen-bond acceptors (Lipinski definition) is 6. The van der Waals surface area contributed by atoms with Crippen molar-refractivity contribution < 1.29 is 32.7 Å². The number of nitro groups is 1. The summed E-state index contributed by atoms with van der Waals surface area (Å²) in [5.41, 5.74) is -3.22. The fraction of sp³-hybridized carbons (Fsp3) is 0.278. The van der Waals surface area contributed by atoms with Crippen molar-refractivity contribution in [2.24, 2.45) is 5.18 Å². The first-order valence-corrected chi connectivity index (χ1v) is 8.59. The number of nitroso groups, excluding NO2 is 1. The van der Waals surface area contributed by atoms with Crippen molar-refractivity contribution in [3.63, 3.8) is 0 Å². The molecule has 2 aromatic rings. The van der Waals surface area contributed by atoms with Crippen molar-refractivity contribution >= 4 is 17.6 Å². The molecule has 2 aromatic carbocycles. The van der Waals surface area contributed by atoms with Crippen molar-refractivity contribution in [2.45, 2.75) is 31.1 Å². The fourth-order valence-corrected chi connectivity index (χ4v) is 2.95. The Morgan fingerprint density at radius 3 is 2.47 bits per heavy atom. The molecule has 2 rings (SSSR count). The molecule has 0 aromatic heterocycles. The van der Waals surface area contributed by atoms with Crippen LogP contribution in [0.25, 0.3) is 0 Å². The predicted octanol–water partition coefficient (Wildman–Crippen LogP) is 5.47. The third-order valence-electron chi connectivity index (χ3n) is 4.28. The summed E-state index contributed by atoms with van der Waals surface area (Å²) in [7, 11) is 0. The summed E-state index contributed by atoms with van der Waals surface area (Å²) in [6.45, 7) is 0.980. The van der Waals surface area contributed by atoms with Gasteiger partial charge < -0.3 is 9.84 Å². The van der Waals surface area contributed by atoms with Gasteiger partial charge in [-0.1, -0.05) is 28.9 Å². The van der Waals surface area contributed by atoms with Crippen molar-refractivity contribution in [1.29, 1.82) is 0 Å². The van der Waals surface area contributed by atoms with E-state index in [2.05, 4.69) is 5.18 Å². The lowest BCUT2D eigenvalue weighted by atomic mass is 9.85. The summed E-state index contributed by atoms with van der Waals surface area (Å²) >= 11 is 5.84. The minimum absolute atomic E-state index is 0.00355. The van der Waals surface area contributed by atoms with Crippen LogP contribution in [0.2, 0.25) is 5.02 Å². The van der Waals surface area contributed by atoms with Crippen LogP contribution in [0, 0.1) is 15.0 Å². The Bertz CT molecular complexity index is 985. The molecule has 0 bridgehead atoms. The van der Waals surface area contributed by atoms with Gasteiger partial charge in [0.2, 0.25) is 0 Å². The molecule has 30 heavy (non-hydrogen) atoms. The van der Waals surface area contributed by atoms with Gasteiger partial charge in [0, 0.05) is 11.8 Å². The maximum absolute atomic E-state index is 12.7. The van der Waals surface area contributed by atoms with Crippen LogP contribution in [0.5, 0.6) is 11.5 Å². The molecule has 160 valence electrons. The van der Waals surface area contributed by atoms with Crippen molar-refractivity contribution in [2.75, 3.05) is 0 Å². The standard InChI is InChI=1S/C18H14ClF3N2O6/c1-17(24(28)29,9-15(25)26)16(23-27)10-3-2-4-12(7-10)30-14-6-5-11(8-13(14)19)18(20,21)22/h2-8,16H,9H2,1H3,(H,25,26). The van der Waals surface area contributed by atoms with Gasteiger partial charge in [-0.25, -0.2) is 0 Å². The van der Waals surface area contributed by atoms with E-state index in [4.69, 9.17) is 21.4 Å². The molecule has 0 aliphatic rings. The van der Waals surface area contributed by atoms with E-state index in [9.17, 15) is 33.0 Å². The second kappa shape index (κ2) is 8.66. The molecular formula is C18H14ClF3N2O6. The summed E-state index contributed by atoms with van der Waals surface area (Å²) in [5.74, 6) is -1.62. The largest absolute Gasteiger partial charge is 0.481 e. The van der Waals surface area contributed by atoms with E-state index in [1.54, 1.807) is 0 Å². The lowest BCUT2D eigenvalue weighted by Crippen LogP contribution is -2.42. The minimum atomic E-state index is -4.60. The monoisotopic (exact) mass is 446 g/mol. The minimum Gasteiger partial charge on any atom is -0.481 e. The quantitative estimate of drug-likeness (QED) is 0.326. The van der Waals surface area contributed by atoms with Crippen LogP contribution in [-0.4, -0.2) is 21.5 Å². The highest BCUT2D eigenvalue weighted by Gasteiger charge is 2.50. The van der Waals surface area contributed by atoms with E-state index in [0.717, 1.165) is 19.1 Å². The van der Waals surface area contributed by atoms with Crippen molar-refractivity contribution in [3.05, 3.63) is 73.6 Å². The van der Waals surface area contributed by atoms with Gasteiger partial charge in [-0.05, 0) is 35.9 Å². The number of hydrogen-bond donors (Lipinski definition) is 1. The average molecular weight is 447 g/mol. The maximum Gasteiger partial charge on any atom is 0.416 e. The average Bonchev–Trinajstić information content (AvgIpc) is 2.62. The van der Waals surface area contributed by atoms with E-state index in [1.807, 2.05) is 0 Å². The number of ether oxygens (including phenoxy) is 1. The molecular weight excluding hydrogens is 433 g/mol. The molecule has 0 aliphatic heterocycles.